The van der Waals surface area contributed by atoms with Gasteiger partial charge in [0.25, 0.3) is 0 Å². The topological polar surface area (TPSA) is 81.1 Å². The van der Waals surface area contributed by atoms with E-state index in [9.17, 15) is 4.79 Å². The minimum atomic E-state index is -0.980. The van der Waals surface area contributed by atoms with Crippen molar-refractivity contribution in [3.63, 3.8) is 0 Å². The highest BCUT2D eigenvalue weighted by molar-refractivity contribution is 7.12. The Kier molecular flexibility index (Phi) is 3.00. The van der Waals surface area contributed by atoms with E-state index in [0.29, 0.717) is 17.2 Å². The predicted molar refractivity (Wildman–Crippen MR) is 78.2 cm³/mol. The molecule has 3 aromatic rings. The number of rotatable bonds is 3. The van der Waals surface area contributed by atoms with Gasteiger partial charge in [-0.3, -0.25) is 0 Å². The summed E-state index contributed by atoms with van der Waals surface area (Å²) in [7, 11) is 0. The van der Waals surface area contributed by atoms with E-state index in [-0.39, 0.29) is 4.88 Å². The molecule has 0 aliphatic carbocycles. The van der Waals surface area contributed by atoms with E-state index in [4.69, 9.17) is 10.8 Å². The number of aromatic nitrogens is 2. The second-order valence-electron chi connectivity index (χ2n) is 4.17. The number of hydrogen-bond acceptors (Lipinski definition) is 4. The monoisotopic (exact) mass is 285 g/mol. The van der Waals surface area contributed by atoms with E-state index >= 15 is 0 Å². The molecule has 0 saturated carbocycles. The van der Waals surface area contributed by atoms with E-state index in [2.05, 4.69) is 5.10 Å². The van der Waals surface area contributed by atoms with Crippen molar-refractivity contribution in [2.45, 2.75) is 0 Å². The third-order valence-corrected chi connectivity index (χ3v) is 3.76. The molecular weight excluding hydrogens is 274 g/mol. The first-order valence-corrected chi connectivity index (χ1v) is 6.77. The van der Waals surface area contributed by atoms with E-state index in [1.54, 1.807) is 17.5 Å². The quantitative estimate of drug-likeness (QED) is 0.775. The summed E-state index contributed by atoms with van der Waals surface area (Å²) in [6.07, 6.45) is 0. The second-order valence-corrected chi connectivity index (χ2v) is 5.09. The highest BCUT2D eigenvalue weighted by atomic mass is 32.1. The van der Waals surface area contributed by atoms with Gasteiger partial charge in [0.15, 0.2) is 0 Å². The Balaban J connectivity index is 2.10. The number of nitrogen functional groups attached to an aromatic ring is 1. The lowest BCUT2D eigenvalue weighted by Crippen LogP contribution is -2.05. The average molecular weight is 285 g/mol. The Labute approximate surface area is 118 Å². The van der Waals surface area contributed by atoms with Gasteiger partial charge in [0.05, 0.1) is 11.4 Å². The van der Waals surface area contributed by atoms with Crippen molar-refractivity contribution in [1.82, 2.24) is 9.78 Å². The molecule has 0 radical (unpaired) electrons. The average Bonchev–Trinajstić information content (AvgIpc) is 3.05. The van der Waals surface area contributed by atoms with E-state index < -0.39 is 5.97 Å². The summed E-state index contributed by atoms with van der Waals surface area (Å²) < 4.78 is 1.46. The van der Waals surface area contributed by atoms with Crippen molar-refractivity contribution in [1.29, 1.82) is 0 Å². The van der Waals surface area contributed by atoms with Crippen LogP contribution < -0.4 is 5.73 Å². The lowest BCUT2D eigenvalue weighted by molar-refractivity contribution is 0.0702. The third kappa shape index (κ3) is 2.06. The molecule has 3 N–H and O–H groups in total. The molecule has 2 aromatic heterocycles. The Morgan fingerprint density at radius 3 is 2.70 bits per heavy atom. The van der Waals surface area contributed by atoms with Crippen LogP contribution in [-0.4, -0.2) is 20.9 Å². The fraction of sp³-hybridized carbons (Fsp3) is 0. The Hall–Kier alpha value is -2.60. The molecule has 0 unspecified atom stereocenters. The Morgan fingerprint density at radius 2 is 2.00 bits per heavy atom. The van der Waals surface area contributed by atoms with Gasteiger partial charge >= 0.3 is 5.97 Å². The number of anilines is 1. The van der Waals surface area contributed by atoms with Crippen molar-refractivity contribution in [2.75, 3.05) is 5.73 Å². The molecule has 3 rings (SSSR count). The van der Waals surface area contributed by atoms with Crippen LogP contribution in [0.3, 0.4) is 0 Å². The van der Waals surface area contributed by atoms with Gasteiger partial charge < -0.3 is 10.8 Å². The van der Waals surface area contributed by atoms with Crippen LogP contribution in [0.2, 0.25) is 0 Å². The van der Waals surface area contributed by atoms with Gasteiger partial charge in [0.1, 0.15) is 10.7 Å². The SMILES string of the molecule is Nc1cc(-c2ccccc2)nn1-c1ccsc1C(=O)O. The summed E-state index contributed by atoms with van der Waals surface area (Å²) in [6, 6.07) is 13.0. The molecule has 0 amide bonds. The maximum atomic E-state index is 11.2. The Morgan fingerprint density at radius 1 is 1.25 bits per heavy atom. The number of nitrogens with two attached hydrogens (primary N) is 1. The van der Waals surface area contributed by atoms with Crippen LogP contribution in [0.4, 0.5) is 5.82 Å². The number of carboxylic acid groups (broad SMARTS) is 1. The normalized spacial score (nSPS) is 10.6. The minimum Gasteiger partial charge on any atom is -0.477 e. The number of carboxylic acids is 1. The maximum absolute atomic E-state index is 11.2. The van der Waals surface area contributed by atoms with Gasteiger partial charge in [-0.15, -0.1) is 11.3 Å². The molecular formula is C14H11N3O2S. The number of thiophene rings is 1. The highest BCUT2D eigenvalue weighted by Crippen LogP contribution is 2.26. The van der Waals surface area contributed by atoms with Crippen molar-refractivity contribution in [3.05, 3.63) is 52.7 Å². The molecule has 0 saturated heterocycles. The zero-order valence-corrected chi connectivity index (χ0v) is 11.2. The number of benzene rings is 1. The number of hydrogen-bond donors (Lipinski definition) is 2. The van der Waals surface area contributed by atoms with Gasteiger partial charge in [0.2, 0.25) is 0 Å². The van der Waals surface area contributed by atoms with Crippen LogP contribution in [0, 0.1) is 0 Å². The summed E-state index contributed by atoms with van der Waals surface area (Å²) >= 11 is 1.15. The van der Waals surface area contributed by atoms with Crippen molar-refractivity contribution in [3.8, 4) is 16.9 Å². The molecule has 0 spiro atoms. The third-order valence-electron chi connectivity index (χ3n) is 2.87. The molecule has 0 bridgehead atoms. The van der Waals surface area contributed by atoms with Gasteiger partial charge in [-0.25, -0.2) is 9.48 Å². The summed E-state index contributed by atoms with van der Waals surface area (Å²) in [5.41, 5.74) is 8.09. The van der Waals surface area contributed by atoms with Gasteiger partial charge in [-0.2, -0.15) is 5.10 Å². The van der Waals surface area contributed by atoms with Crippen LogP contribution in [0.5, 0.6) is 0 Å². The molecule has 1 aromatic carbocycles. The summed E-state index contributed by atoms with van der Waals surface area (Å²) in [4.78, 5) is 11.4. The molecule has 100 valence electrons. The van der Waals surface area contributed by atoms with Crippen LogP contribution in [0.25, 0.3) is 16.9 Å². The molecule has 0 aliphatic rings. The van der Waals surface area contributed by atoms with Crippen LogP contribution in [0.1, 0.15) is 9.67 Å². The van der Waals surface area contributed by atoms with E-state index in [1.165, 1.54) is 4.68 Å². The summed E-state index contributed by atoms with van der Waals surface area (Å²) in [5.74, 6) is -0.573. The summed E-state index contributed by atoms with van der Waals surface area (Å²) in [6.45, 7) is 0. The van der Waals surface area contributed by atoms with Gasteiger partial charge in [-0.1, -0.05) is 30.3 Å². The minimum absolute atomic E-state index is 0.222. The molecule has 5 nitrogen and oxygen atoms in total. The fourth-order valence-electron chi connectivity index (χ4n) is 1.97. The molecule has 6 heteroatoms. The largest absolute Gasteiger partial charge is 0.477 e. The van der Waals surface area contributed by atoms with E-state index in [0.717, 1.165) is 16.9 Å². The van der Waals surface area contributed by atoms with Crippen LogP contribution >= 0.6 is 11.3 Å². The van der Waals surface area contributed by atoms with Crippen LogP contribution in [-0.2, 0) is 0 Å². The first-order chi connectivity index (χ1) is 9.66. The number of carbonyl (C=O) groups is 1. The zero-order valence-electron chi connectivity index (χ0n) is 10.4. The smallest absolute Gasteiger partial charge is 0.348 e. The van der Waals surface area contributed by atoms with Crippen molar-refractivity contribution >= 4 is 23.1 Å². The molecule has 20 heavy (non-hydrogen) atoms. The molecule has 0 atom stereocenters. The first-order valence-electron chi connectivity index (χ1n) is 5.89. The summed E-state index contributed by atoms with van der Waals surface area (Å²) in [5, 5.41) is 15.3. The first kappa shape index (κ1) is 12.4. The zero-order chi connectivity index (χ0) is 14.1. The second kappa shape index (κ2) is 4.82. The lowest BCUT2D eigenvalue weighted by Gasteiger charge is -2.02. The van der Waals surface area contributed by atoms with Gasteiger partial charge in [0, 0.05) is 11.6 Å². The van der Waals surface area contributed by atoms with Crippen LogP contribution in [0.15, 0.2) is 47.8 Å². The van der Waals surface area contributed by atoms with Crippen molar-refractivity contribution < 1.29 is 9.90 Å². The number of aromatic carboxylic acids is 1. The fourth-order valence-corrected chi connectivity index (χ4v) is 2.68. The molecule has 2 heterocycles. The molecule has 0 aliphatic heterocycles. The van der Waals surface area contributed by atoms with Crippen molar-refractivity contribution in [2.24, 2.45) is 0 Å². The maximum Gasteiger partial charge on any atom is 0.348 e. The standard InChI is InChI=1S/C14H11N3O2S/c15-12-8-10(9-4-2-1-3-5-9)16-17(12)11-6-7-20-13(11)14(18)19/h1-8H,15H2,(H,18,19). The lowest BCUT2D eigenvalue weighted by atomic mass is 10.2. The molecule has 0 fully saturated rings. The predicted octanol–water partition coefficient (Wildman–Crippen LogP) is 2.88. The van der Waals surface area contributed by atoms with Gasteiger partial charge in [-0.05, 0) is 11.4 Å². The highest BCUT2D eigenvalue weighted by Gasteiger charge is 2.17. The number of nitrogens with zero attached hydrogens (tertiary/aromatic N) is 2. The van der Waals surface area contributed by atoms with E-state index in [1.807, 2.05) is 30.3 Å². The Bertz CT molecular complexity index is 762.